The Morgan fingerprint density at radius 3 is 1.83 bits per heavy atom. The highest BCUT2D eigenvalue weighted by Gasteiger charge is 2.43. The van der Waals surface area contributed by atoms with Crippen molar-refractivity contribution >= 4 is 11.8 Å². The number of hydrogen-bond donors (Lipinski definition) is 2. The molecular weight excluding hydrogens is 684 g/mol. The first-order chi connectivity index (χ1) is 26.3. The quantitative estimate of drug-likeness (QED) is 0.208. The predicted octanol–water partition coefficient (Wildman–Crippen LogP) is 6.14. The number of amides is 2. The van der Waals surface area contributed by atoms with Gasteiger partial charge in [-0.05, 0) is 47.5 Å². The van der Waals surface area contributed by atoms with Crippen LogP contribution in [-0.2, 0) is 9.59 Å². The summed E-state index contributed by atoms with van der Waals surface area (Å²) in [5.74, 6) is 1.97. The number of aliphatic hydroxyl groups excluding tert-OH is 2. The third kappa shape index (κ3) is 6.71. The fourth-order valence-corrected chi connectivity index (χ4v) is 8.34. The Kier molecular flexibility index (Phi) is 9.87. The minimum Gasteiger partial charge on any atom is -0.496 e. The van der Waals surface area contributed by atoms with Crippen molar-refractivity contribution in [1.29, 1.82) is 0 Å². The predicted molar refractivity (Wildman–Crippen MR) is 203 cm³/mol. The molecule has 10 heteroatoms. The van der Waals surface area contributed by atoms with Crippen LogP contribution >= 0.6 is 0 Å². The first-order valence-electron chi connectivity index (χ1n) is 18.5. The first-order valence-corrected chi connectivity index (χ1v) is 18.5. The first kappa shape index (κ1) is 35.4. The van der Waals surface area contributed by atoms with Crippen LogP contribution in [0.5, 0.6) is 23.0 Å². The number of ether oxygens (including phenoxy) is 4. The third-order valence-electron chi connectivity index (χ3n) is 11.2. The minimum absolute atomic E-state index is 0.136. The Bertz CT molecular complexity index is 2100. The average Bonchev–Trinajstić information content (AvgIpc) is 3.21. The molecule has 278 valence electrons. The van der Waals surface area contributed by atoms with Crippen molar-refractivity contribution in [3.05, 3.63) is 121 Å². The van der Waals surface area contributed by atoms with Crippen molar-refractivity contribution in [2.24, 2.45) is 11.8 Å². The monoisotopic (exact) mass is 728 g/mol. The van der Waals surface area contributed by atoms with Gasteiger partial charge in [0.25, 0.3) is 0 Å². The topological polar surface area (TPSA) is 118 Å². The number of methoxy groups -OCH3 is 1. The Morgan fingerprint density at radius 2 is 1.28 bits per heavy atom. The van der Waals surface area contributed by atoms with Gasteiger partial charge in [-0.2, -0.15) is 0 Å². The van der Waals surface area contributed by atoms with Gasteiger partial charge in [0.1, 0.15) is 41.8 Å². The SMILES string of the molecule is C=CC(=O)N1CC[C@@H]2Oc3cc(-c4ccccc4OC/C=C/C(=O)N4CC[C@H]5Oc6cc(-c7ccccc7OC)ccc6C(O)[C@@H]5C4)ccc3C(O)[C@@H]2C1. The number of piperidine rings is 2. The maximum absolute atomic E-state index is 13.3. The Hall–Kier alpha value is -5.58. The van der Waals surface area contributed by atoms with Crippen LogP contribution in [0.2, 0.25) is 0 Å². The van der Waals surface area contributed by atoms with Crippen molar-refractivity contribution in [2.75, 3.05) is 39.9 Å². The molecule has 4 aliphatic heterocycles. The summed E-state index contributed by atoms with van der Waals surface area (Å²) in [5, 5.41) is 22.7. The van der Waals surface area contributed by atoms with Crippen LogP contribution in [-0.4, -0.2) is 83.9 Å². The lowest BCUT2D eigenvalue weighted by molar-refractivity contribution is -0.133. The number of aliphatic hydroxyl groups is 2. The van der Waals surface area contributed by atoms with Crippen molar-refractivity contribution in [3.63, 3.8) is 0 Å². The van der Waals surface area contributed by atoms with E-state index < -0.39 is 12.2 Å². The summed E-state index contributed by atoms with van der Waals surface area (Å²) in [6, 6.07) is 27.1. The maximum atomic E-state index is 13.3. The number of carbonyl (C=O) groups excluding carboxylic acids is 2. The average molecular weight is 729 g/mol. The molecule has 4 aliphatic rings. The summed E-state index contributed by atoms with van der Waals surface area (Å²) < 4.78 is 24.5. The van der Waals surface area contributed by atoms with Gasteiger partial charge in [0.15, 0.2) is 0 Å². The van der Waals surface area contributed by atoms with E-state index in [2.05, 4.69) is 6.58 Å². The molecule has 0 bridgehead atoms. The molecule has 2 fully saturated rings. The van der Waals surface area contributed by atoms with Crippen LogP contribution in [0.1, 0.15) is 36.2 Å². The number of carbonyl (C=O) groups is 2. The van der Waals surface area contributed by atoms with Gasteiger partial charge in [-0.25, -0.2) is 0 Å². The summed E-state index contributed by atoms with van der Waals surface area (Å²) in [4.78, 5) is 29.0. The highest BCUT2D eigenvalue weighted by Crippen LogP contribution is 2.46. The molecular formula is C44H44N2O8. The van der Waals surface area contributed by atoms with E-state index in [-0.39, 0.29) is 42.5 Å². The Labute approximate surface area is 314 Å². The second-order valence-electron chi connectivity index (χ2n) is 14.3. The molecule has 0 aromatic heterocycles. The number of fused-ring (bicyclic) bond motifs is 4. The number of hydrogen-bond acceptors (Lipinski definition) is 8. The van der Waals surface area contributed by atoms with Gasteiger partial charge < -0.3 is 39.0 Å². The van der Waals surface area contributed by atoms with Crippen LogP contribution in [0.3, 0.4) is 0 Å². The Balaban J connectivity index is 0.893. The summed E-state index contributed by atoms with van der Waals surface area (Å²) >= 11 is 0. The molecule has 0 saturated carbocycles. The minimum atomic E-state index is -0.760. The molecule has 0 spiro atoms. The van der Waals surface area contributed by atoms with Gasteiger partial charge in [-0.15, -0.1) is 0 Å². The molecule has 6 atom stereocenters. The second-order valence-corrected chi connectivity index (χ2v) is 14.3. The smallest absolute Gasteiger partial charge is 0.246 e. The molecule has 0 aliphatic carbocycles. The molecule has 54 heavy (non-hydrogen) atoms. The molecule has 4 heterocycles. The van der Waals surface area contributed by atoms with Crippen LogP contribution in [0.4, 0.5) is 0 Å². The van der Waals surface area contributed by atoms with Crippen LogP contribution in [0, 0.1) is 11.8 Å². The zero-order valence-corrected chi connectivity index (χ0v) is 30.2. The van der Waals surface area contributed by atoms with Gasteiger partial charge in [-0.3, -0.25) is 9.59 Å². The molecule has 10 nitrogen and oxygen atoms in total. The second kappa shape index (κ2) is 15.0. The largest absolute Gasteiger partial charge is 0.496 e. The van der Waals surface area contributed by atoms with Crippen molar-refractivity contribution < 1.29 is 38.7 Å². The lowest BCUT2D eigenvalue weighted by atomic mass is 9.83. The van der Waals surface area contributed by atoms with E-state index in [0.717, 1.165) is 33.6 Å². The highest BCUT2D eigenvalue weighted by atomic mass is 16.5. The molecule has 2 saturated heterocycles. The fraction of sp³-hybridized carbons (Fsp3) is 0.318. The van der Waals surface area contributed by atoms with E-state index in [9.17, 15) is 19.8 Å². The van der Waals surface area contributed by atoms with Crippen molar-refractivity contribution in [2.45, 2.75) is 37.3 Å². The van der Waals surface area contributed by atoms with Crippen molar-refractivity contribution in [1.82, 2.24) is 9.80 Å². The molecule has 0 radical (unpaired) electrons. The molecule has 2 unspecified atom stereocenters. The van der Waals surface area contributed by atoms with Gasteiger partial charge in [0.2, 0.25) is 11.8 Å². The summed E-state index contributed by atoms with van der Waals surface area (Å²) in [6.07, 6.45) is 3.88. The van der Waals surface area contributed by atoms with Crippen molar-refractivity contribution in [3.8, 4) is 45.3 Å². The summed E-state index contributed by atoms with van der Waals surface area (Å²) in [6.45, 7) is 5.65. The molecule has 2 amide bonds. The normalized spacial score (nSPS) is 24.2. The Morgan fingerprint density at radius 1 is 0.759 bits per heavy atom. The van der Waals surface area contributed by atoms with E-state index in [1.807, 2.05) is 84.9 Å². The molecule has 8 rings (SSSR count). The van der Waals surface area contributed by atoms with E-state index >= 15 is 0 Å². The molecule has 4 aromatic carbocycles. The molecule has 2 N–H and O–H groups in total. The fourth-order valence-electron chi connectivity index (χ4n) is 8.34. The zero-order valence-electron chi connectivity index (χ0n) is 30.2. The lowest BCUT2D eigenvalue weighted by Gasteiger charge is -2.44. The van der Waals surface area contributed by atoms with Gasteiger partial charge in [0.05, 0.1) is 19.3 Å². The third-order valence-corrected chi connectivity index (χ3v) is 11.2. The highest BCUT2D eigenvalue weighted by molar-refractivity contribution is 5.88. The number of nitrogens with zero attached hydrogens (tertiary/aromatic N) is 2. The van der Waals surface area contributed by atoms with Gasteiger partial charge >= 0.3 is 0 Å². The van der Waals surface area contributed by atoms with Crippen LogP contribution in [0.25, 0.3) is 22.3 Å². The van der Waals surface area contributed by atoms with E-state index in [1.54, 1.807) is 23.0 Å². The van der Waals surface area contributed by atoms with Gasteiger partial charge in [0, 0.05) is 79.2 Å². The number of likely N-dealkylation sites (tertiary alicyclic amines) is 2. The number of benzene rings is 4. The zero-order chi connectivity index (χ0) is 37.3. The van der Waals surface area contributed by atoms with Crippen LogP contribution < -0.4 is 18.9 Å². The van der Waals surface area contributed by atoms with E-state index in [0.29, 0.717) is 61.8 Å². The maximum Gasteiger partial charge on any atom is 0.246 e. The number of rotatable bonds is 8. The van der Waals surface area contributed by atoms with E-state index in [1.165, 1.54) is 12.2 Å². The van der Waals surface area contributed by atoms with Crippen LogP contribution in [0.15, 0.2) is 110 Å². The lowest BCUT2D eigenvalue weighted by Crippen LogP contribution is -2.51. The van der Waals surface area contributed by atoms with E-state index in [4.69, 9.17) is 18.9 Å². The molecule has 4 aromatic rings. The standard InChI is InChI=1S/C44H44N2O8/c1-3-41(47)45-20-18-37-33(25-45)43(49)32-17-15-28(24-40(32)53-37)30-10-5-7-12-36(30)52-22-8-13-42(48)46-21-19-38-34(26-46)44(50)31-16-14-27(23-39(31)54-38)29-9-4-6-11-35(29)51-2/h3-17,23-24,33-34,37-38,43-44,49-50H,1,18-22,25-26H2,2H3/b13-8+/t33-,34-,37+,38-,43?,44?/m1/s1. The van der Waals surface area contributed by atoms with Gasteiger partial charge in [-0.1, -0.05) is 67.2 Å². The summed E-state index contributed by atoms with van der Waals surface area (Å²) in [7, 11) is 1.65. The summed E-state index contributed by atoms with van der Waals surface area (Å²) in [5.41, 5.74) is 5.06. The number of para-hydroxylation sites is 2.